The fourth-order valence-electron chi connectivity index (χ4n) is 4.92. The lowest BCUT2D eigenvalue weighted by Crippen LogP contribution is -2.26. The average molecular weight is 486 g/mol. The number of para-hydroxylation sites is 2. The Hall–Kier alpha value is -3.84. The highest BCUT2D eigenvalue weighted by atomic mass is 16.5. The van der Waals surface area contributed by atoms with Crippen LogP contribution in [0, 0.1) is 13.8 Å². The standard InChI is InChI=1S/C29H31N3O4/c1-19-11-12-27(20(2)13-19)36-18-23(33)17-32-26-10-5-4-9-25(26)30-29(32)21-14-28(34)31(16-21)22-7-6-8-24(15-22)35-3/h4-13,15,21,23,33H,14,16-18H2,1-3H3/t21-,23-/m0/s1. The van der Waals surface area contributed by atoms with E-state index < -0.39 is 6.10 Å². The van der Waals surface area contributed by atoms with Gasteiger partial charge in [0, 0.05) is 30.6 Å². The number of anilines is 1. The molecule has 5 rings (SSSR count). The van der Waals surface area contributed by atoms with Crippen LogP contribution in [0.4, 0.5) is 5.69 Å². The normalized spacial score (nSPS) is 16.5. The maximum absolute atomic E-state index is 13.0. The maximum Gasteiger partial charge on any atom is 0.227 e. The van der Waals surface area contributed by atoms with Crippen molar-refractivity contribution in [2.24, 2.45) is 0 Å². The van der Waals surface area contributed by atoms with Crippen LogP contribution in [0.1, 0.15) is 29.3 Å². The van der Waals surface area contributed by atoms with E-state index >= 15 is 0 Å². The SMILES string of the molecule is COc1cccc(N2C[C@@H](c3nc4ccccc4n3C[C@H](O)COc3ccc(C)cc3C)CC2=O)c1. The van der Waals surface area contributed by atoms with Crippen molar-refractivity contribution in [3.05, 3.63) is 83.7 Å². The van der Waals surface area contributed by atoms with Crippen molar-refractivity contribution < 1.29 is 19.4 Å². The fourth-order valence-corrected chi connectivity index (χ4v) is 4.92. The molecule has 2 heterocycles. The number of hydrogen-bond acceptors (Lipinski definition) is 5. The molecule has 0 bridgehead atoms. The zero-order valence-corrected chi connectivity index (χ0v) is 20.8. The third-order valence-electron chi connectivity index (χ3n) is 6.69. The number of aromatic nitrogens is 2. The Morgan fingerprint density at radius 3 is 2.72 bits per heavy atom. The second kappa shape index (κ2) is 10.0. The average Bonchev–Trinajstić information content (AvgIpc) is 3.44. The Morgan fingerprint density at radius 1 is 1.08 bits per heavy atom. The summed E-state index contributed by atoms with van der Waals surface area (Å²) in [6.45, 7) is 5.05. The van der Waals surface area contributed by atoms with Crippen LogP contribution in [-0.2, 0) is 11.3 Å². The molecular formula is C29H31N3O4. The number of imidazole rings is 1. The molecule has 0 spiro atoms. The minimum Gasteiger partial charge on any atom is -0.497 e. The Labute approximate surface area is 210 Å². The van der Waals surface area contributed by atoms with E-state index in [2.05, 4.69) is 6.07 Å². The molecule has 2 atom stereocenters. The number of hydrogen-bond donors (Lipinski definition) is 1. The molecule has 1 aliphatic heterocycles. The number of ether oxygens (including phenoxy) is 2. The van der Waals surface area contributed by atoms with E-state index in [1.165, 1.54) is 5.56 Å². The first kappa shape index (κ1) is 23.9. The van der Waals surface area contributed by atoms with E-state index in [0.29, 0.717) is 25.3 Å². The fraction of sp³-hybridized carbons (Fsp3) is 0.310. The molecule has 0 saturated carbocycles. The highest BCUT2D eigenvalue weighted by Gasteiger charge is 2.35. The Balaban J connectivity index is 1.38. The Morgan fingerprint density at radius 2 is 1.92 bits per heavy atom. The Kier molecular flexibility index (Phi) is 6.65. The summed E-state index contributed by atoms with van der Waals surface area (Å²) in [7, 11) is 1.62. The van der Waals surface area contributed by atoms with Gasteiger partial charge in [0.25, 0.3) is 0 Å². The number of nitrogens with zero attached hydrogens (tertiary/aromatic N) is 3. The molecule has 1 fully saturated rings. The Bertz CT molecular complexity index is 1400. The first-order chi connectivity index (χ1) is 17.4. The molecule has 3 aromatic carbocycles. The highest BCUT2D eigenvalue weighted by molar-refractivity contribution is 5.96. The van der Waals surface area contributed by atoms with Crippen LogP contribution >= 0.6 is 0 Å². The number of amides is 1. The van der Waals surface area contributed by atoms with Crippen LogP contribution in [0.15, 0.2) is 66.7 Å². The van der Waals surface area contributed by atoms with Gasteiger partial charge in [-0.25, -0.2) is 4.98 Å². The van der Waals surface area contributed by atoms with Gasteiger partial charge in [0.2, 0.25) is 5.91 Å². The molecule has 1 amide bonds. The molecular weight excluding hydrogens is 454 g/mol. The number of carbonyl (C=O) groups excluding carboxylic acids is 1. The second-order valence-electron chi connectivity index (χ2n) is 9.41. The van der Waals surface area contributed by atoms with E-state index in [1.54, 1.807) is 12.0 Å². The molecule has 0 radical (unpaired) electrons. The van der Waals surface area contributed by atoms with Crippen LogP contribution in [0.5, 0.6) is 11.5 Å². The third-order valence-corrected chi connectivity index (χ3v) is 6.69. The van der Waals surface area contributed by atoms with Crippen LogP contribution in [0.2, 0.25) is 0 Å². The van der Waals surface area contributed by atoms with Crippen LogP contribution in [-0.4, -0.2) is 46.9 Å². The number of aliphatic hydroxyl groups is 1. The lowest BCUT2D eigenvalue weighted by atomic mass is 10.1. The van der Waals surface area contributed by atoms with Crippen molar-refractivity contribution in [3.8, 4) is 11.5 Å². The molecule has 4 aromatic rings. The number of aliphatic hydroxyl groups excluding tert-OH is 1. The molecule has 0 unspecified atom stereocenters. The molecule has 186 valence electrons. The van der Waals surface area contributed by atoms with Gasteiger partial charge >= 0.3 is 0 Å². The molecule has 1 saturated heterocycles. The van der Waals surface area contributed by atoms with Crippen molar-refractivity contribution in [2.45, 2.75) is 38.8 Å². The van der Waals surface area contributed by atoms with Gasteiger partial charge < -0.3 is 24.0 Å². The van der Waals surface area contributed by atoms with Gasteiger partial charge in [-0.15, -0.1) is 0 Å². The van der Waals surface area contributed by atoms with Gasteiger partial charge in [-0.1, -0.05) is 35.9 Å². The number of aryl methyl sites for hydroxylation is 2. The second-order valence-corrected chi connectivity index (χ2v) is 9.41. The maximum atomic E-state index is 13.0. The molecule has 7 nitrogen and oxygen atoms in total. The van der Waals surface area contributed by atoms with Crippen LogP contribution in [0.25, 0.3) is 11.0 Å². The summed E-state index contributed by atoms with van der Waals surface area (Å²) in [6.07, 6.45) is -0.385. The van der Waals surface area contributed by atoms with Crippen molar-refractivity contribution in [1.29, 1.82) is 0 Å². The summed E-state index contributed by atoms with van der Waals surface area (Å²) in [5.41, 5.74) is 4.81. The minimum absolute atomic E-state index is 0.0468. The predicted octanol–water partition coefficient (Wildman–Crippen LogP) is 4.62. The first-order valence-corrected chi connectivity index (χ1v) is 12.2. The summed E-state index contributed by atoms with van der Waals surface area (Å²) in [5.74, 6) is 2.24. The summed E-state index contributed by atoms with van der Waals surface area (Å²) in [5, 5.41) is 10.9. The zero-order chi connectivity index (χ0) is 25.2. The molecule has 1 aliphatic rings. The lowest BCUT2D eigenvalue weighted by Gasteiger charge is -2.19. The molecule has 36 heavy (non-hydrogen) atoms. The van der Waals surface area contributed by atoms with Crippen LogP contribution < -0.4 is 14.4 Å². The smallest absolute Gasteiger partial charge is 0.227 e. The molecule has 1 aromatic heterocycles. The number of fused-ring (bicyclic) bond motifs is 1. The van der Waals surface area contributed by atoms with E-state index in [0.717, 1.165) is 33.9 Å². The summed E-state index contributed by atoms with van der Waals surface area (Å²) >= 11 is 0. The van der Waals surface area contributed by atoms with Gasteiger partial charge in [-0.2, -0.15) is 0 Å². The van der Waals surface area contributed by atoms with E-state index in [9.17, 15) is 9.90 Å². The van der Waals surface area contributed by atoms with Gasteiger partial charge in [-0.3, -0.25) is 4.79 Å². The number of rotatable bonds is 8. The highest BCUT2D eigenvalue weighted by Crippen LogP contribution is 2.34. The number of benzene rings is 3. The van der Waals surface area contributed by atoms with Gasteiger partial charge in [-0.05, 0) is 49.7 Å². The topological polar surface area (TPSA) is 76.8 Å². The summed E-state index contributed by atoms with van der Waals surface area (Å²) < 4.78 is 13.3. The zero-order valence-electron chi connectivity index (χ0n) is 20.8. The van der Waals surface area contributed by atoms with Crippen molar-refractivity contribution in [1.82, 2.24) is 9.55 Å². The van der Waals surface area contributed by atoms with E-state index in [1.807, 2.05) is 79.1 Å². The van der Waals surface area contributed by atoms with Gasteiger partial charge in [0.1, 0.15) is 30.0 Å². The number of carbonyl (C=O) groups is 1. The van der Waals surface area contributed by atoms with Crippen molar-refractivity contribution in [3.63, 3.8) is 0 Å². The third kappa shape index (κ3) is 4.79. The van der Waals surface area contributed by atoms with E-state index in [-0.39, 0.29) is 18.4 Å². The molecule has 0 aliphatic carbocycles. The monoisotopic (exact) mass is 485 g/mol. The largest absolute Gasteiger partial charge is 0.497 e. The summed E-state index contributed by atoms with van der Waals surface area (Å²) in [4.78, 5) is 19.7. The quantitative estimate of drug-likeness (QED) is 0.394. The first-order valence-electron chi connectivity index (χ1n) is 12.2. The minimum atomic E-state index is -0.742. The number of methoxy groups -OCH3 is 1. The van der Waals surface area contributed by atoms with Crippen molar-refractivity contribution in [2.75, 3.05) is 25.2 Å². The van der Waals surface area contributed by atoms with Crippen LogP contribution in [0.3, 0.4) is 0 Å². The van der Waals surface area contributed by atoms with Gasteiger partial charge in [0.15, 0.2) is 0 Å². The molecule has 1 N–H and O–H groups in total. The lowest BCUT2D eigenvalue weighted by molar-refractivity contribution is -0.117. The molecule has 7 heteroatoms. The summed E-state index contributed by atoms with van der Waals surface area (Å²) in [6, 6.07) is 21.4. The van der Waals surface area contributed by atoms with Gasteiger partial charge in [0.05, 0.1) is 24.7 Å². The van der Waals surface area contributed by atoms with Crippen molar-refractivity contribution >= 4 is 22.6 Å². The van der Waals surface area contributed by atoms with E-state index in [4.69, 9.17) is 14.5 Å². The predicted molar refractivity (Wildman–Crippen MR) is 140 cm³/mol.